The highest BCUT2D eigenvalue weighted by molar-refractivity contribution is 8.26. The number of rotatable bonds is 4. The Labute approximate surface area is 145 Å². The Morgan fingerprint density at radius 2 is 2.17 bits per heavy atom. The van der Waals surface area contributed by atoms with Crippen LogP contribution in [0, 0.1) is 10.1 Å². The molecular formula is C15H10N2O5S2. The third kappa shape index (κ3) is 3.17. The van der Waals surface area contributed by atoms with Crippen LogP contribution in [0.3, 0.4) is 0 Å². The topological polar surface area (TPSA) is 94.6 Å². The largest absolute Gasteiger partial charge is 0.497 e. The highest BCUT2D eigenvalue weighted by atomic mass is 32.2. The Kier molecular flexibility index (Phi) is 4.36. The number of methoxy groups -OCH3 is 1. The quantitative estimate of drug-likeness (QED) is 0.386. The molecular weight excluding hydrogens is 352 g/mol. The summed E-state index contributed by atoms with van der Waals surface area (Å²) in [5.41, 5.74) is 0.196. The average Bonchev–Trinajstić information content (AvgIpc) is 3.13. The summed E-state index contributed by atoms with van der Waals surface area (Å²) in [5, 5.41) is 13.8. The summed E-state index contributed by atoms with van der Waals surface area (Å²) in [5.74, 6) is 0.810. The molecule has 0 atom stereocenters. The van der Waals surface area contributed by atoms with Crippen LogP contribution in [0.5, 0.6) is 5.75 Å². The molecule has 0 saturated carbocycles. The van der Waals surface area contributed by atoms with Crippen LogP contribution in [0.2, 0.25) is 0 Å². The standard InChI is InChI=1S/C15H10N2O5S2/c1-21-8-2-4-10(11(6-8)17(19)20)12-5-3-9(22-12)7-13-14(18)16-15(23)24-13/h2-7H,1H3,(H,16,18,23)/b13-7+. The zero-order chi connectivity index (χ0) is 17.3. The summed E-state index contributed by atoms with van der Waals surface area (Å²) in [6, 6.07) is 7.73. The number of hydrogen-bond acceptors (Lipinski definition) is 7. The molecule has 24 heavy (non-hydrogen) atoms. The number of hydrogen-bond donors (Lipinski definition) is 1. The molecule has 1 N–H and O–H groups in total. The molecule has 1 aliphatic heterocycles. The molecule has 1 aromatic heterocycles. The number of furan rings is 1. The van der Waals surface area contributed by atoms with E-state index in [2.05, 4.69) is 5.32 Å². The van der Waals surface area contributed by atoms with Crippen LogP contribution in [0.4, 0.5) is 5.69 Å². The van der Waals surface area contributed by atoms with E-state index in [0.717, 1.165) is 11.8 Å². The predicted octanol–water partition coefficient (Wildman–Crippen LogP) is 3.35. The first-order valence-electron chi connectivity index (χ1n) is 6.65. The third-order valence-electron chi connectivity index (χ3n) is 3.21. The Hall–Kier alpha value is -2.65. The van der Waals surface area contributed by atoms with Crippen molar-refractivity contribution < 1.29 is 18.9 Å². The fourth-order valence-corrected chi connectivity index (χ4v) is 3.15. The van der Waals surface area contributed by atoms with E-state index >= 15 is 0 Å². The van der Waals surface area contributed by atoms with Gasteiger partial charge in [-0.15, -0.1) is 0 Å². The first-order chi connectivity index (χ1) is 11.5. The van der Waals surface area contributed by atoms with E-state index in [-0.39, 0.29) is 11.6 Å². The lowest BCUT2D eigenvalue weighted by molar-refractivity contribution is -0.384. The van der Waals surface area contributed by atoms with Gasteiger partial charge in [0, 0.05) is 6.08 Å². The summed E-state index contributed by atoms with van der Waals surface area (Å²) in [4.78, 5) is 22.8. The van der Waals surface area contributed by atoms with Crippen LogP contribution in [-0.4, -0.2) is 22.3 Å². The molecule has 7 nitrogen and oxygen atoms in total. The Morgan fingerprint density at radius 3 is 2.79 bits per heavy atom. The van der Waals surface area contributed by atoms with E-state index in [1.807, 2.05) is 0 Å². The second-order valence-corrected chi connectivity index (χ2v) is 6.41. The molecule has 2 heterocycles. The fraction of sp³-hybridized carbons (Fsp3) is 0.0667. The van der Waals surface area contributed by atoms with Gasteiger partial charge in [0.1, 0.15) is 21.6 Å². The van der Waals surface area contributed by atoms with Gasteiger partial charge in [0.25, 0.3) is 11.6 Å². The Bertz CT molecular complexity index is 888. The molecule has 0 spiro atoms. The summed E-state index contributed by atoms with van der Waals surface area (Å²) < 4.78 is 11.0. The van der Waals surface area contributed by atoms with Gasteiger partial charge >= 0.3 is 0 Å². The lowest BCUT2D eigenvalue weighted by Crippen LogP contribution is -2.17. The van der Waals surface area contributed by atoms with Gasteiger partial charge in [-0.25, -0.2) is 0 Å². The Balaban J connectivity index is 1.97. The second-order valence-electron chi connectivity index (χ2n) is 4.69. The van der Waals surface area contributed by atoms with Crippen molar-refractivity contribution in [3.8, 4) is 17.1 Å². The Morgan fingerprint density at radius 1 is 1.38 bits per heavy atom. The molecule has 9 heteroatoms. The predicted molar refractivity (Wildman–Crippen MR) is 93.7 cm³/mol. The minimum atomic E-state index is -0.503. The minimum Gasteiger partial charge on any atom is -0.497 e. The maximum atomic E-state index is 11.6. The molecule has 1 fully saturated rings. The monoisotopic (exact) mass is 362 g/mol. The highest BCUT2D eigenvalue weighted by Gasteiger charge is 2.23. The van der Waals surface area contributed by atoms with Gasteiger partial charge in [-0.2, -0.15) is 0 Å². The number of thioether (sulfide) groups is 1. The number of ether oxygens (including phenoxy) is 1. The molecule has 1 amide bonds. The van der Waals surface area contributed by atoms with E-state index in [9.17, 15) is 14.9 Å². The lowest BCUT2D eigenvalue weighted by atomic mass is 10.1. The van der Waals surface area contributed by atoms with Crippen LogP contribution < -0.4 is 10.1 Å². The second kappa shape index (κ2) is 6.46. The van der Waals surface area contributed by atoms with Crippen molar-refractivity contribution in [3.05, 3.63) is 51.1 Å². The van der Waals surface area contributed by atoms with Crippen molar-refractivity contribution in [1.29, 1.82) is 0 Å². The van der Waals surface area contributed by atoms with E-state index in [4.69, 9.17) is 21.4 Å². The van der Waals surface area contributed by atoms with Gasteiger partial charge in [0.05, 0.1) is 28.6 Å². The fourth-order valence-electron chi connectivity index (χ4n) is 2.12. The number of benzene rings is 1. The number of amides is 1. The molecule has 0 aliphatic carbocycles. The van der Waals surface area contributed by atoms with Crippen molar-refractivity contribution in [3.63, 3.8) is 0 Å². The summed E-state index contributed by atoms with van der Waals surface area (Å²) in [6.07, 6.45) is 1.54. The summed E-state index contributed by atoms with van der Waals surface area (Å²) in [6.45, 7) is 0. The lowest BCUT2D eigenvalue weighted by Gasteiger charge is -2.03. The normalized spacial score (nSPS) is 15.6. The van der Waals surface area contributed by atoms with Gasteiger partial charge < -0.3 is 14.5 Å². The number of nitro groups is 1. The SMILES string of the molecule is COc1ccc(-c2ccc(/C=C3/SC(=S)NC3=O)o2)c([N+](=O)[O-])c1. The van der Waals surface area contributed by atoms with Crippen LogP contribution in [0.25, 0.3) is 17.4 Å². The highest BCUT2D eigenvalue weighted by Crippen LogP contribution is 2.35. The summed E-state index contributed by atoms with van der Waals surface area (Å²) >= 11 is 6.05. The molecule has 2 aromatic rings. The molecule has 1 aromatic carbocycles. The van der Waals surface area contributed by atoms with E-state index in [0.29, 0.717) is 32.1 Å². The molecule has 0 bridgehead atoms. The van der Waals surface area contributed by atoms with Crippen LogP contribution in [0.15, 0.2) is 39.7 Å². The first-order valence-corrected chi connectivity index (χ1v) is 7.88. The van der Waals surface area contributed by atoms with E-state index in [1.165, 1.54) is 19.3 Å². The van der Waals surface area contributed by atoms with Crippen molar-refractivity contribution in [1.82, 2.24) is 5.32 Å². The maximum Gasteiger partial charge on any atom is 0.284 e. The first kappa shape index (κ1) is 16.2. The third-order valence-corrected chi connectivity index (χ3v) is 4.37. The van der Waals surface area contributed by atoms with Crippen LogP contribution >= 0.6 is 24.0 Å². The number of nitro benzene ring substituents is 1. The zero-order valence-electron chi connectivity index (χ0n) is 12.3. The number of nitrogens with one attached hydrogen (secondary N) is 1. The number of carbonyl (C=O) groups excluding carboxylic acids is 1. The van der Waals surface area contributed by atoms with Gasteiger partial charge in [-0.05, 0) is 24.3 Å². The molecule has 122 valence electrons. The van der Waals surface area contributed by atoms with Gasteiger partial charge in [0.15, 0.2) is 0 Å². The summed E-state index contributed by atoms with van der Waals surface area (Å²) in [7, 11) is 1.44. The van der Waals surface area contributed by atoms with Crippen molar-refractivity contribution in [2.45, 2.75) is 0 Å². The van der Waals surface area contributed by atoms with Crippen molar-refractivity contribution in [2.75, 3.05) is 7.11 Å². The van der Waals surface area contributed by atoms with Crippen LogP contribution in [-0.2, 0) is 4.79 Å². The molecule has 1 aliphatic rings. The molecule has 1 saturated heterocycles. The number of thiocarbonyl (C=S) groups is 1. The molecule has 0 unspecified atom stereocenters. The molecule has 0 radical (unpaired) electrons. The van der Waals surface area contributed by atoms with Crippen molar-refractivity contribution in [2.24, 2.45) is 0 Å². The van der Waals surface area contributed by atoms with Gasteiger partial charge in [-0.3, -0.25) is 14.9 Å². The van der Waals surface area contributed by atoms with Gasteiger partial charge in [-0.1, -0.05) is 24.0 Å². The smallest absolute Gasteiger partial charge is 0.284 e. The van der Waals surface area contributed by atoms with Crippen molar-refractivity contribution >= 4 is 46.0 Å². The van der Waals surface area contributed by atoms with E-state index in [1.54, 1.807) is 24.3 Å². The van der Waals surface area contributed by atoms with Crippen LogP contribution in [0.1, 0.15) is 5.76 Å². The minimum absolute atomic E-state index is 0.128. The van der Waals surface area contributed by atoms with E-state index < -0.39 is 4.92 Å². The zero-order valence-corrected chi connectivity index (χ0v) is 13.9. The number of carbonyl (C=O) groups is 1. The average molecular weight is 362 g/mol. The molecule has 3 rings (SSSR count). The number of nitrogens with zero attached hydrogens (tertiary/aromatic N) is 1. The van der Waals surface area contributed by atoms with Gasteiger partial charge in [0.2, 0.25) is 0 Å². The maximum absolute atomic E-state index is 11.6.